The van der Waals surface area contributed by atoms with Crippen LogP contribution in [0.2, 0.25) is 0 Å². The molecule has 0 spiro atoms. The highest BCUT2D eigenvalue weighted by Crippen LogP contribution is 2.37. The summed E-state index contributed by atoms with van der Waals surface area (Å²) in [6.45, 7) is 2.07. The van der Waals surface area contributed by atoms with Crippen LogP contribution in [0.3, 0.4) is 0 Å². The molecule has 1 atom stereocenters. The van der Waals surface area contributed by atoms with Crippen molar-refractivity contribution in [1.29, 1.82) is 0 Å². The number of carbonyl (C=O) groups is 1. The summed E-state index contributed by atoms with van der Waals surface area (Å²) >= 11 is 0. The largest absolute Gasteiger partial charge is 0.464 e. The highest BCUT2D eigenvalue weighted by atomic mass is 16.4. The molecule has 0 amide bonds. The van der Waals surface area contributed by atoms with Crippen LogP contribution in [0.5, 0.6) is 0 Å². The molecule has 1 heterocycles. The van der Waals surface area contributed by atoms with E-state index in [1.807, 2.05) is 0 Å². The Kier molecular flexibility index (Phi) is 3.84. The van der Waals surface area contributed by atoms with Gasteiger partial charge in [-0.3, -0.25) is 4.79 Å². The molecule has 1 aliphatic rings. The van der Waals surface area contributed by atoms with Gasteiger partial charge in [-0.2, -0.15) is 0 Å². The van der Waals surface area contributed by atoms with Crippen molar-refractivity contribution < 1.29 is 9.90 Å². The number of pyridine rings is 1. The van der Waals surface area contributed by atoms with E-state index in [-0.39, 0.29) is 11.5 Å². The Morgan fingerprint density at radius 1 is 1.50 bits per heavy atom. The normalized spacial score (nSPS) is 17.8. The number of rotatable bonds is 3. The van der Waals surface area contributed by atoms with E-state index in [2.05, 4.69) is 6.92 Å². The molecule has 4 heteroatoms. The van der Waals surface area contributed by atoms with E-state index in [0.717, 1.165) is 23.8 Å². The fourth-order valence-electron chi connectivity index (χ4n) is 3.11. The number of hydrogen-bond acceptors (Lipinski definition) is 2. The van der Waals surface area contributed by atoms with Gasteiger partial charge in [0, 0.05) is 11.8 Å². The van der Waals surface area contributed by atoms with Crippen molar-refractivity contribution in [2.45, 2.75) is 44.9 Å². The van der Waals surface area contributed by atoms with Crippen LogP contribution in [0.25, 0.3) is 0 Å². The van der Waals surface area contributed by atoms with Gasteiger partial charge in [0.1, 0.15) is 0 Å². The summed E-state index contributed by atoms with van der Waals surface area (Å²) in [7, 11) is 0. The van der Waals surface area contributed by atoms with Crippen LogP contribution in [0.1, 0.15) is 50.5 Å². The third kappa shape index (κ3) is 2.33. The average molecular weight is 249 g/mol. The van der Waals surface area contributed by atoms with Crippen LogP contribution in [-0.2, 0) is 0 Å². The standard InChI is InChI=1S/C14H19NO3/c1-2-11(10-6-3-4-7-10)12-8-5-9-15(13(12)16)14(17)18/h5,8-11H,2-4,6-7H2,1H3,(H,17,18). The Morgan fingerprint density at radius 3 is 2.72 bits per heavy atom. The van der Waals surface area contributed by atoms with Crippen molar-refractivity contribution in [3.8, 4) is 0 Å². The second-order valence-corrected chi connectivity index (χ2v) is 4.98. The Balaban J connectivity index is 2.39. The summed E-state index contributed by atoms with van der Waals surface area (Å²) in [4.78, 5) is 23.1. The van der Waals surface area contributed by atoms with Gasteiger partial charge in [-0.15, -0.1) is 0 Å². The Hall–Kier alpha value is -1.58. The smallest absolute Gasteiger partial charge is 0.418 e. The molecule has 98 valence electrons. The first-order valence-electron chi connectivity index (χ1n) is 6.60. The van der Waals surface area contributed by atoms with Crippen molar-refractivity contribution in [2.75, 3.05) is 0 Å². The van der Waals surface area contributed by atoms with Gasteiger partial charge in [-0.1, -0.05) is 25.8 Å². The molecule has 4 nitrogen and oxygen atoms in total. The van der Waals surface area contributed by atoms with Crippen molar-refractivity contribution in [3.63, 3.8) is 0 Å². The van der Waals surface area contributed by atoms with E-state index >= 15 is 0 Å². The zero-order valence-electron chi connectivity index (χ0n) is 10.6. The number of nitrogens with zero attached hydrogens (tertiary/aromatic N) is 1. The average Bonchev–Trinajstić information content (AvgIpc) is 2.85. The van der Waals surface area contributed by atoms with E-state index in [0.29, 0.717) is 11.5 Å². The Morgan fingerprint density at radius 2 is 2.17 bits per heavy atom. The van der Waals surface area contributed by atoms with Crippen molar-refractivity contribution in [2.24, 2.45) is 5.92 Å². The number of aromatic nitrogens is 1. The van der Waals surface area contributed by atoms with Crippen LogP contribution in [0.15, 0.2) is 23.1 Å². The van der Waals surface area contributed by atoms with Crippen LogP contribution in [0.4, 0.5) is 4.79 Å². The molecular weight excluding hydrogens is 230 g/mol. The molecule has 0 aliphatic heterocycles. The van der Waals surface area contributed by atoms with Crippen molar-refractivity contribution in [1.82, 2.24) is 4.57 Å². The van der Waals surface area contributed by atoms with Crippen molar-refractivity contribution in [3.05, 3.63) is 34.2 Å². The second kappa shape index (κ2) is 5.38. The van der Waals surface area contributed by atoms with E-state index in [1.165, 1.54) is 19.0 Å². The van der Waals surface area contributed by atoms with Gasteiger partial charge in [0.25, 0.3) is 5.56 Å². The molecule has 0 saturated heterocycles. The zero-order valence-corrected chi connectivity index (χ0v) is 10.6. The molecule has 1 saturated carbocycles. The van der Waals surface area contributed by atoms with Gasteiger partial charge < -0.3 is 5.11 Å². The highest BCUT2D eigenvalue weighted by Gasteiger charge is 2.27. The molecule has 1 fully saturated rings. The molecule has 1 aromatic heterocycles. The molecular formula is C14H19NO3. The minimum Gasteiger partial charge on any atom is -0.464 e. The SMILES string of the molecule is CCC(c1cccn(C(=O)O)c1=O)C1CCCC1. The summed E-state index contributed by atoms with van der Waals surface area (Å²) in [5, 5.41) is 8.97. The number of hydrogen-bond donors (Lipinski definition) is 1. The summed E-state index contributed by atoms with van der Waals surface area (Å²) in [5.41, 5.74) is 0.290. The summed E-state index contributed by atoms with van der Waals surface area (Å²) in [6.07, 6.45) is 5.75. The van der Waals surface area contributed by atoms with Crippen molar-refractivity contribution >= 4 is 6.09 Å². The lowest BCUT2D eigenvalue weighted by Crippen LogP contribution is -2.30. The maximum Gasteiger partial charge on any atom is 0.418 e. The van der Waals surface area contributed by atoms with Gasteiger partial charge in [0.05, 0.1) is 0 Å². The number of carboxylic acid groups (broad SMARTS) is 1. The van der Waals surface area contributed by atoms with Crippen LogP contribution >= 0.6 is 0 Å². The first-order chi connectivity index (χ1) is 8.65. The summed E-state index contributed by atoms with van der Waals surface area (Å²) in [5.74, 6) is 0.735. The minimum atomic E-state index is -1.21. The molecule has 1 aromatic rings. The highest BCUT2D eigenvalue weighted by molar-refractivity contribution is 5.67. The Labute approximate surface area is 106 Å². The van der Waals surface area contributed by atoms with E-state index in [4.69, 9.17) is 5.11 Å². The summed E-state index contributed by atoms with van der Waals surface area (Å²) in [6, 6.07) is 3.44. The maximum absolute atomic E-state index is 12.1. The topological polar surface area (TPSA) is 59.3 Å². The molecule has 0 bridgehead atoms. The monoisotopic (exact) mass is 249 g/mol. The predicted octanol–water partition coefficient (Wildman–Crippen LogP) is 3.06. The van der Waals surface area contributed by atoms with Crippen LogP contribution in [-0.4, -0.2) is 15.8 Å². The molecule has 18 heavy (non-hydrogen) atoms. The van der Waals surface area contributed by atoms with Crippen LogP contribution in [0, 0.1) is 5.92 Å². The minimum absolute atomic E-state index is 0.201. The van der Waals surface area contributed by atoms with Gasteiger partial charge in [0.2, 0.25) is 0 Å². The van der Waals surface area contributed by atoms with Gasteiger partial charge >= 0.3 is 6.09 Å². The quantitative estimate of drug-likeness (QED) is 0.895. The van der Waals surface area contributed by atoms with Gasteiger partial charge in [0.15, 0.2) is 0 Å². The lowest BCUT2D eigenvalue weighted by Gasteiger charge is -2.21. The first kappa shape index (κ1) is 12.9. The zero-order chi connectivity index (χ0) is 13.1. The predicted molar refractivity (Wildman–Crippen MR) is 69.1 cm³/mol. The molecule has 0 radical (unpaired) electrons. The summed E-state index contributed by atoms with van der Waals surface area (Å²) < 4.78 is 0.785. The van der Waals surface area contributed by atoms with Gasteiger partial charge in [-0.05, 0) is 37.2 Å². The lowest BCUT2D eigenvalue weighted by atomic mass is 9.83. The molecule has 1 aliphatic carbocycles. The lowest BCUT2D eigenvalue weighted by molar-refractivity contribution is 0.195. The maximum atomic E-state index is 12.1. The van der Waals surface area contributed by atoms with Gasteiger partial charge in [-0.25, -0.2) is 9.36 Å². The fraction of sp³-hybridized carbons (Fsp3) is 0.571. The second-order valence-electron chi connectivity index (χ2n) is 4.98. The van der Waals surface area contributed by atoms with Crippen LogP contribution < -0.4 is 5.56 Å². The van der Waals surface area contributed by atoms with E-state index in [9.17, 15) is 9.59 Å². The molecule has 2 rings (SSSR count). The molecule has 0 aromatic carbocycles. The molecule has 1 unspecified atom stereocenters. The van der Waals surface area contributed by atoms with E-state index < -0.39 is 6.09 Å². The third-order valence-corrected chi connectivity index (χ3v) is 3.99. The first-order valence-corrected chi connectivity index (χ1v) is 6.60. The van der Waals surface area contributed by atoms with E-state index in [1.54, 1.807) is 12.1 Å². The molecule has 1 N–H and O–H groups in total. The third-order valence-electron chi connectivity index (χ3n) is 3.99. The fourth-order valence-corrected chi connectivity index (χ4v) is 3.11. The Bertz CT molecular complexity index is 486.